The van der Waals surface area contributed by atoms with E-state index in [4.69, 9.17) is 4.74 Å². The van der Waals surface area contributed by atoms with E-state index in [1.54, 1.807) is 24.3 Å². The van der Waals surface area contributed by atoms with Crippen LogP contribution >= 0.6 is 0 Å². The molecule has 0 saturated heterocycles. The topological polar surface area (TPSA) is 67.4 Å². The fraction of sp³-hybridized carbons (Fsp3) is 0.467. The summed E-state index contributed by atoms with van der Waals surface area (Å²) in [6.07, 6.45) is 2.38. The number of carbonyl (C=O) groups is 2. The third-order valence-electron chi connectivity index (χ3n) is 3.27. The Labute approximate surface area is 118 Å². The molecule has 2 amide bonds. The summed E-state index contributed by atoms with van der Waals surface area (Å²) < 4.78 is 5.47. The van der Waals surface area contributed by atoms with Crippen LogP contribution < -0.4 is 15.4 Å². The van der Waals surface area contributed by atoms with Crippen molar-refractivity contribution in [3.63, 3.8) is 0 Å². The number of amides is 2. The zero-order valence-corrected chi connectivity index (χ0v) is 11.8. The van der Waals surface area contributed by atoms with E-state index in [0.717, 1.165) is 0 Å². The number of anilines is 1. The second-order valence-electron chi connectivity index (χ2n) is 5.16. The summed E-state index contributed by atoms with van der Waals surface area (Å²) in [5, 5.41) is 5.59. The van der Waals surface area contributed by atoms with Crippen molar-refractivity contribution >= 4 is 17.5 Å². The fourth-order valence-corrected chi connectivity index (χ4v) is 2.04. The van der Waals surface area contributed by atoms with E-state index >= 15 is 0 Å². The van der Waals surface area contributed by atoms with E-state index in [2.05, 4.69) is 10.6 Å². The molecule has 1 saturated carbocycles. The summed E-state index contributed by atoms with van der Waals surface area (Å²) >= 11 is 0. The molecule has 1 aliphatic rings. The summed E-state index contributed by atoms with van der Waals surface area (Å²) in [6.45, 7) is 3.40. The van der Waals surface area contributed by atoms with E-state index < -0.39 is 0 Å². The van der Waals surface area contributed by atoms with Crippen LogP contribution in [0.2, 0.25) is 0 Å². The molecule has 0 spiro atoms. The number of carbonyl (C=O) groups excluding carboxylic acids is 2. The maximum Gasteiger partial charge on any atom is 0.258 e. The molecule has 2 N–H and O–H groups in total. The molecule has 1 fully saturated rings. The lowest BCUT2D eigenvalue weighted by Gasteiger charge is -2.14. The molecule has 5 nitrogen and oxygen atoms in total. The summed E-state index contributed by atoms with van der Waals surface area (Å²) in [5.74, 6) is 0.803. The molecule has 1 aromatic rings. The monoisotopic (exact) mass is 276 g/mol. The number of ether oxygens (including phenoxy) is 1. The highest BCUT2D eigenvalue weighted by atomic mass is 16.5. The first-order valence-corrected chi connectivity index (χ1v) is 6.85. The number of hydrogen-bond acceptors (Lipinski definition) is 3. The van der Waals surface area contributed by atoms with Gasteiger partial charge in [0.15, 0.2) is 6.61 Å². The molecule has 0 heterocycles. The second kappa shape index (κ2) is 6.41. The molecule has 0 bridgehead atoms. The summed E-state index contributed by atoms with van der Waals surface area (Å²) in [4.78, 5) is 22.9. The zero-order chi connectivity index (χ0) is 14.5. The van der Waals surface area contributed by atoms with Gasteiger partial charge in [-0.1, -0.05) is 12.1 Å². The van der Waals surface area contributed by atoms with Crippen molar-refractivity contribution in [1.82, 2.24) is 5.32 Å². The molecule has 0 unspecified atom stereocenters. The van der Waals surface area contributed by atoms with Gasteiger partial charge < -0.3 is 15.4 Å². The Morgan fingerprint density at radius 1 is 1.35 bits per heavy atom. The SMILES string of the molecule is CC(=O)Nc1ccccc1OCC(=O)N[C@@H](C)C1CC1. The third-order valence-corrected chi connectivity index (χ3v) is 3.27. The van der Waals surface area contributed by atoms with Crippen LogP contribution in [0.15, 0.2) is 24.3 Å². The van der Waals surface area contributed by atoms with Gasteiger partial charge in [0.1, 0.15) is 5.75 Å². The Hall–Kier alpha value is -2.04. The molecule has 1 aromatic carbocycles. The predicted molar refractivity (Wildman–Crippen MR) is 76.6 cm³/mol. The third kappa shape index (κ3) is 4.26. The first kappa shape index (κ1) is 14.4. The van der Waals surface area contributed by atoms with Gasteiger partial charge in [0.05, 0.1) is 5.69 Å². The van der Waals surface area contributed by atoms with Gasteiger partial charge in [0, 0.05) is 13.0 Å². The largest absolute Gasteiger partial charge is 0.482 e. The molecule has 0 aliphatic heterocycles. The van der Waals surface area contributed by atoms with E-state index in [1.165, 1.54) is 19.8 Å². The number of para-hydroxylation sites is 2. The highest BCUT2D eigenvalue weighted by Gasteiger charge is 2.28. The van der Waals surface area contributed by atoms with E-state index in [-0.39, 0.29) is 24.5 Å². The van der Waals surface area contributed by atoms with Crippen LogP contribution in [0.4, 0.5) is 5.69 Å². The molecular weight excluding hydrogens is 256 g/mol. The van der Waals surface area contributed by atoms with Crippen LogP contribution in [0, 0.1) is 5.92 Å². The predicted octanol–water partition coefficient (Wildman–Crippen LogP) is 1.94. The fourth-order valence-electron chi connectivity index (χ4n) is 2.04. The smallest absolute Gasteiger partial charge is 0.258 e. The molecule has 20 heavy (non-hydrogen) atoms. The Bertz CT molecular complexity index is 498. The van der Waals surface area contributed by atoms with E-state index in [0.29, 0.717) is 17.4 Å². The van der Waals surface area contributed by atoms with Crippen LogP contribution in [0.5, 0.6) is 5.75 Å². The van der Waals surface area contributed by atoms with Gasteiger partial charge in [-0.15, -0.1) is 0 Å². The van der Waals surface area contributed by atoms with E-state index in [1.807, 2.05) is 6.92 Å². The Morgan fingerprint density at radius 3 is 2.70 bits per heavy atom. The standard InChI is InChI=1S/C15H20N2O3/c1-10(12-7-8-12)16-15(19)9-20-14-6-4-3-5-13(14)17-11(2)18/h3-6,10,12H,7-9H2,1-2H3,(H,16,19)(H,17,18)/t10-/m0/s1. The quantitative estimate of drug-likeness (QED) is 0.834. The number of rotatable bonds is 6. The molecule has 1 aliphatic carbocycles. The van der Waals surface area contributed by atoms with Gasteiger partial charge in [-0.3, -0.25) is 9.59 Å². The van der Waals surface area contributed by atoms with Crippen molar-refractivity contribution in [3.05, 3.63) is 24.3 Å². The second-order valence-corrected chi connectivity index (χ2v) is 5.16. The van der Waals surface area contributed by atoms with Crippen molar-refractivity contribution < 1.29 is 14.3 Å². The lowest BCUT2D eigenvalue weighted by atomic mass is 10.2. The molecule has 0 aromatic heterocycles. The number of nitrogens with one attached hydrogen (secondary N) is 2. The van der Waals surface area contributed by atoms with Crippen LogP contribution in [0.1, 0.15) is 26.7 Å². The minimum atomic E-state index is -0.173. The average molecular weight is 276 g/mol. The molecule has 2 rings (SSSR count). The maximum atomic E-state index is 11.8. The zero-order valence-electron chi connectivity index (χ0n) is 11.8. The Morgan fingerprint density at radius 2 is 2.05 bits per heavy atom. The lowest BCUT2D eigenvalue weighted by Crippen LogP contribution is -2.37. The van der Waals surface area contributed by atoms with Crippen molar-refractivity contribution in [2.24, 2.45) is 5.92 Å². The first-order chi connectivity index (χ1) is 9.56. The summed E-state index contributed by atoms with van der Waals surface area (Å²) in [5.41, 5.74) is 0.572. The molecule has 108 valence electrons. The molecular formula is C15H20N2O3. The molecule has 1 atom stereocenters. The van der Waals surface area contributed by atoms with Gasteiger partial charge in [-0.05, 0) is 37.8 Å². The van der Waals surface area contributed by atoms with Crippen LogP contribution in [0.25, 0.3) is 0 Å². The normalized spacial score (nSPS) is 15.3. The van der Waals surface area contributed by atoms with Crippen molar-refractivity contribution in [2.75, 3.05) is 11.9 Å². The van der Waals surface area contributed by atoms with Gasteiger partial charge in [0.2, 0.25) is 5.91 Å². The van der Waals surface area contributed by atoms with Gasteiger partial charge >= 0.3 is 0 Å². The maximum absolute atomic E-state index is 11.8. The average Bonchev–Trinajstić information content (AvgIpc) is 3.21. The van der Waals surface area contributed by atoms with Crippen LogP contribution in [-0.4, -0.2) is 24.5 Å². The van der Waals surface area contributed by atoms with Gasteiger partial charge in [-0.25, -0.2) is 0 Å². The van der Waals surface area contributed by atoms with Crippen molar-refractivity contribution in [2.45, 2.75) is 32.7 Å². The van der Waals surface area contributed by atoms with Crippen molar-refractivity contribution in [1.29, 1.82) is 0 Å². The highest BCUT2D eigenvalue weighted by Crippen LogP contribution is 2.32. The van der Waals surface area contributed by atoms with E-state index in [9.17, 15) is 9.59 Å². The van der Waals surface area contributed by atoms with Crippen LogP contribution in [0.3, 0.4) is 0 Å². The minimum Gasteiger partial charge on any atom is -0.482 e. The Kier molecular flexibility index (Phi) is 4.61. The summed E-state index contributed by atoms with van der Waals surface area (Å²) in [7, 11) is 0. The number of benzene rings is 1. The first-order valence-electron chi connectivity index (χ1n) is 6.85. The van der Waals surface area contributed by atoms with Gasteiger partial charge in [-0.2, -0.15) is 0 Å². The molecule has 5 heteroatoms. The number of hydrogen-bond donors (Lipinski definition) is 2. The highest BCUT2D eigenvalue weighted by molar-refractivity contribution is 5.90. The van der Waals surface area contributed by atoms with Gasteiger partial charge in [0.25, 0.3) is 5.91 Å². The lowest BCUT2D eigenvalue weighted by molar-refractivity contribution is -0.123. The minimum absolute atomic E-state index is 0.0480. The van der Waals surface area contributed by atoms with Crippen molar-refractivity contribution in [3.8, 4) is 5.75 Å². The molecule has 0 radical (unpaired) electrons. The Balaban J connectivity index is 1.86. The summed E-state index contributed by atoms with van der Waals surface area (Å²) in [6, 6.07) is 7.26. The van der Waals surface area contributed by atoms with Crippen LogP contribution in [-0.2, 0) is 9.59 Å².